The molecule has 2 heterocycles. The number of carbonyl (C=O) groups is 2. The molecule has 0 fully saturated rings. The minimum absolute atomic E-state index is 0.0401. The van der Waals surface area contributed by atoms with Gasteiger partial charge in [0, 0.05) is 29.9 Å². The first kappa shape index (κ1) is 23.7. The molecule has 7 nitrogen and oxygen atoms in total. The summed E-state index contributed by atoms with van der Waals surface area (Å²) in [5.41, 5.74) is 3.63. The van der Waals surface area contributed by atoms with Gasteiger partial charge in [-0.15, -0.1) is 0 Å². The van der Waals surface area contributed by atoms with E-state index in [4.69, 9.17) is 9.84 Å². The number of ether oxygens (including phenoxy) is 1. The van der Waals surface area contributed by atoms with Crippen LogP contribution >= 0.6 is 0 Å². The van der Waals surface area contributed by atoms with Crippen LogP contribution in [0.25, 0.3) is 23.0 Å². The van der Waals surface area contributed by atoms with Gasteiger partial charge in [0.2, 0.25) is 0 Å². The molecule has 1 aliphatic rings. The lowest BCUT2D eigenvalue weighted by Gasteiger charge is -2.23. The molecule has 35 heavy (non-hydrogen) atoms. The quantitative estimate of drug-likeness (QED) is 0.280. The number of nitriles is 1. The molecule has 0 spiro atoms. The van der Waals surface area contributed by atoms with Crippen LogP contribution in [0, 0.1) is 11.3 Å². The number of nitrogens with zero attached hydrogens (tertiary/aromatic N) is 4. The minimum atomic E-state index is -0.593. The summed E-state index contributed by atoms with van der Waals surface area (Å²) in [5.74, 6) is -0.309. The van der Waals surface area contributed by atoms with E-state index in [9.17, 15) is 14.9 Å². The predicted molar refractivity (Wildman–Crippen MR) is 133 cm³/mol. The van der Waals surface area contributed by atoms with Gasteiger partial charge in [0.05, 0.1) is 12.3 Å². The second kappa shape index (κ2) is 10.2. The molecule has 2 amide bonds. The summed E-state index contributed by atoms with van der Waals surface area (Å²) >= 11 is 0. The molecule has 4 rings (SSSR count). The van der Waals surface area contributed by atoms with Gasteiger partial charge in [-0.2, -0.15) is 10.4 Å². The van der Waals surface area contributed by atoms with Gasteiger partial charge in [0.1, 0.15) is 23.1 Å². The normalized spacial score (nSPS) is 15.0. The number of hydrogen-bond acceptors (Lipinski definition) is 5. The van der Waals surface area contributed by atoms with Crippen molar-refractivity contribution in [2.45, 2.75) is 26.7 Å². The third-order valence-corrected chi connectivity index (χ3v) is 5.88. The standard InChI is InChI=1S/C28H26N4O3/c1-4-5-14-35-23-13-9-10-20(15-23)26-21(18-32(30-26)22-11-7-6-8-12-22)16-24-19(2)25(17-29)28(34)31(3)27(24)33/h6-13,15-16,18H,4-5,14H2,1-3H3/b24-16+. The lowest BCUT2D eigenvalue weighted by Crippen LogP contribution is -2.39. The fraction of sp³-hybridized carbons (Fsp3) is 0.214. The first-order valence-electron chi connectivity index (χ1n) is 11.5. The highest BCUT2D eigenvalue weighted by Gasteiger charge is 2.33. The van der Waals surface area contributed by atoms with Crippen LogP contribution in [0.1, 0.15) is 32.3 Å². The van der Waals surface area contributed by atoms with E-state index in [2.05, 4.69) is 6.92 Å². The zero-order valence-electron chi connectivity index (χ0n) is 20.0. The van der Waals surface area contributed by atoms with Crippen molar-refractivity contribution in [1.29, 1.82) is 5.26 Å². The van der Waals surface area contributed by atoms with Crippen molar-refractivity contribution in [1.82, 2.24) is 14.7 Å². The largest absolute Gasteiger partial charge is 0.494 e. The van der Waals surface area contributed by atoms with Crippen LogP contribution in [0.2, 0.25) is 0 Å². The Hall–Kier alpha value is -4.44. The number of para-hydroxylation sites is 1. The van der Waals surface area contributed by atoms with E-state index < -0.39 is 11.8 Å². The van der Waals surface area contributed by atoms with Gasteiger partial charge in [-0.1, -0.05) is 43.7 Å². The van der Waals surface area contributed by atoms with Gasteiger partial charge in [-0.05, 0) is 49.3 Å². The molecule has 0 saturated heterocycles. The summed E-state index contributed by atoms with van der Waals surface area (Å²) in [7, 11) is 1.38. The lowest BCUT2D eigenvalue weighted by atomic mass is 9.93. The molecule has 0 aliphatic carbocycles. The second-order valence-electron chi connectivity index (χ2n) is 8.28. The monoisotopic (exact) mass is 466 g/mol. The molecule has 1 aromatic heterocycles. The van der Waals surface area contributed by atoms with Crippen LogP contribution in [-0.2, 0) is 9.59 Å². The summed E-state index contributed by atoms with van der Waals surface area (Å²) in [6.07, 6.45) is 5.54. The third-order valence-electron chi connectivity index (χ3n) is 5.88. The highest BCUT2D eigenvalue weighted by molar-refractivity contribution is 6.19. The molecule has 0 saturated carbocycles. The number of benzene rings is 2. The summed E-state index contributed by atoms with van der Waals surface area (Å²) in [6.45, 7) is 4.36. The van der Waals surface area contributed by atoms with Crippen LogP contribution in [-0.4, -0.2) is 40.1 Å². The van der Waals surface area contributed by atoms with Gasteiger partial charge in [0.15, 0.2) is 0 Å². The molecule has 0 N–H and O–H groups in total. The number of carbonyl (C=O) groups excluding carboxylic acids is 2. The Balaban J connectivity index is 1.86. The fourth-order valence-corrected chi connectivity index (χ4v) is 3.85. The number of likely N-dealkylation sites (N-methyl/N-ethyl adjacent to an activating group) is 1. The maximum atomic E-state index is 13.0. The zero-order valence-corrected chi connectivity index (χ0v) is 20.0. The Kier molecular flexibility index (Phi) is 6.93. The Morgan fingerprint density at radius 3 is 2.57 bits per heavy atom. The Morgan fingerprint density at radius 1 is 1.09 bits per heavy atom. The minimum Gasteiger partial charge on any atom is -0.494 e. The van der Waals surface area contributed by atoms with Crippen molar-refractivity contribution in [2.24, 2.45) is 0 Å². The van der Waals surface area contributed by atoms with Crippen molar-refractivity contribution in [3.8, 4) is 28.8 Å². The first-order chi connectivity index (χ1) is 16.9. The first-order valence-corrected chi connectivity index (χ1v) is 11.5. The maximum Gasteiger partial charge on any atom is 0.271 e. The van der Waals surface area contributed by atoms with Crippen molar-refractivity contribution >= 4 is 17.9 Å². The second-order valence-corrected chi connectivity index (χ2v) is 8.28. The maximum absolute atomic E-state index is 13.0. The van der Waals surface area contributed by atoms with Crippen LogP contribution < -0.4 is 4.74 Å². The molecular formula is C28H26N4O3. The fourth-order valence-electron chi connectivity index (χ4n) is 3.85. The number of aromatic nitrogens is 2. The number of amides is 2. The zero-order chi connectivity index (χ0) is 24.9. The lowest BCUT2D eigenvalue weighted by molar-refractivity contribution is -0.138. The predicted octanol–water partition coefficient (Wildman–Crippen LogP) is 4.94. The molecule has 1 aliphatic heterocycles. The topological polar surface area (TPSA) is 88.2 Å². The molecule has 3 aromatic rings. The van der Waals surface area contributed by atoms with Crippen LogP contribution in [0.3, 0.4) is 0 Å². The Labute approximate surface area is 204 Å². The van der Waals surface area contributed by atoms with Gasteiger partial charge < -0.3 is 4.74 Å². The molecule has 7 heteroatoms. The van der Waals surface area contributed by atoms with E-state index in [0.29, 0.717) is 23.4 Å². The molecule has 176 valence electrons. The average Bonchev–Trinajstić information content (AvgIpc) is 3.31. The summed E-state index contributed by atoms with van der Waals surface area (Å²) < 4.78 is 7.64. The molecular weight excluding hydrogens is 440 g/mol. The summed E-state index contributed by atoms with van der Waals surface area (Å²) in [5, 5.41) is 14.3. The third kappa shape index (κ3) is 4.78. The molecule has 0 bridgehead atoms. The van der Waals surface area contributed by atoms with Gasteiger partial charge in [-0.25, -0.2) is 4.68 Å². The van der Waals surface area contributed by atoms with Crippen LogP contribution in [0.15, 0.2) is 77.5 Å². The molecule has 0 atom stereocenters. The van der Waals surface area contributed by atoms with Crippen LogP contribution in [0.5, 0.6) is 5.75 Å². The smallest absolute Gasteiger partial charge is 0.271 e. The summed E-state index contributed by atoms with van der Waals surface area (Å²) in [4.78, 5) is 26.3. The molecule has 0 unspecified atom stereocenters. The average molecular weight is 467 g/mol. The van der Waals surface area contributed by atoms with Crippen molar-refractivity contribution in [2.75, 3.05) is 13.7 Å². The van der Waals surface area contributed by atoms with E-state index in [0.717, 1.165) is 34.7 Å². The van der Waals surface area contributed by atoms with E-state index >= 15 is 0 Å². The highest BCUT2D eigenvalue weighted by atomic mass is 16.5. The van der Waals surface area contributed by atoms with E-state index in [1.807, 2.05) is 66.9 Å². The summed E-state index contributed by atoms with van der Waals surface area (Å²) in [6, 6.07) is 19.3. The highest BCUT2D eigenvalue weighted by Crippen LogP contribution is 2.32. The Morgan fingerprint density at radius 2 is 1.86 bits per heavy atom. The van der Waals surface area contributed by atoms with Crippen molar-refractivity contribution < 1.29 is 14.3 Å². The van der Waals surface area contributed by atoms with Crippen molar-refractivity contribution in [3.05, 3.63) is 83.1 Å². The number of unbranched alkanes of at least 4 members (excludes halogenated alkanes) is 1. The number of rotatable bonds is 7. The number of imide groups is 1. The Bertz CT molecular complexity index is 1380. The van der Waals surface area contributed by atoms with Gasteiger partial charge in [-0.3, -0.25) is 14.5 Å². The van der Waals surface area contributed by atoms with Gasteiger partial charge >= 0.3 is 0 Å². The van der Waals surface area contributed by atoms with Gasteiger partial charge in [0.25, 0.3) is 11.8 Å². The van der Waals surface area contributed by atoms with E-state index in [-0.39, 0.29) is 11.1 Å². The number of hydrogen-bond donors (Lipinski definition) is 0. The van der Waals surface area contributed by atoms with Crippen LogP contribution in [0.4, 0.5) is 0 Å². The SMILES string of the molecule is CCCCOc1cccc(-c2nn(-c3ccccc3)cc2/C=C2/C(=O)N(C)C(=O)C(C#N)=C2C)c1. The van der Waals surface area contributed by atoms with E-state index in [1.54, 1.807) is 17.7 Å². The molecule has 0 radical (unpaired) electrons. The van der Waals surface area contributed by atoms with Crippen molar-refractivity contribution in [3.63, 3.8) is 0 Å². The van der Waals surface area contributed by atoms with E-state index in [1.165, 1.54) is 7.05 Å². The molecule has 2 aromatic carbocycles.